The van der Waals surface area contributed by atoms with Gasteiger partial charge in [-0.2, -0.15) is 5.10 Å². The number of aliphatic imine (C=N–C) groups is 1. The summed E-state index contributed by atoms with van der Waals surface area (Å²) in [6.07, 6.45) is 5.82. The molecule has 0 radical (unpaired) electrons. The molecule has 1 fully saturated rings. The van der Waals surface area contributed by atoms with Crippen molar-refractivity contribution >= 4 is 28.2 Å². The number of fused-ring (bicyclic) bond motifs is 1. The van der Waals surface area contributed by atoms with E-state index >= 15 is 0 Å². The molecule has 2 aromatic heterocycles. The van der Waals surface area contributed by atoms with Crippen LogP contribution in [0.4, 0.5) is 5.69 Å². The topological polar surface area (TPSA) is 99.7 Å². The van der Waals surface area contributed by atoms with Gasteiger partial charge in [0.1, 0.15) is 5.69 Å². The maximum Gasteiger partial charge on any atom is 0.251 e. The largest absolute Gasteiger partial charge is 0.494 e. The highest BCUT2D eigenvalue weighted by atomic mass is 16.3. The van der Waals surface area contributed by atoms with E-state index < -0.39 is 5.54 Å². The molecule has 1 amide bonds. The van der Waals surface area contributed by atoms with Crippen LogP contribution in [0, 0.1) is 6.57 Å². The van der Waals surface area contributed by atoms with Crippen LogP contribution in [-0.2, 0) is 0 Å². The molecule has 0 unspecified atom stereocenters. The summed E-state index contributed by atoms with van der Waals surface area (Å²) < 4.78 is 1.83. The van der Waals surface area contributed by atoms with Crippen LogP contribution in [0.1, 0.15) is 62.0 Å². The Morgan fingerprint density at radius 3 is 2.84 bits per heavy atom. The molecule has 4 rings (SSSR count). The molecular weight excluding hydrogens is 392 g/mol. The minimum Gasteiger partial charge on any atom is -0.494 e. The normalized spacial score (nSPS) is 15.3. The maximum atomic E-state index is 12.7. The van der Waals surface area contributed by atoms with Crippen molar-refractivity contribution in [2.75, 3.05) is 6.54 Å². The molecule has 0 aliphatic heterocycles. The van der Waals surface area contributed by atoms with Crippen molar-refractivity contribution in [1.82, 2.24) is 20.1 Å². The predicted octanol–water partition coefficient (Wildman–Crippen LogP) is 4.36. The van der Waals surface area contributed by atoms with Crippen LogP contribution in [0.5, 0.6) is 5.88 Å². The van der Waals surface area contributed by atoms with Crippen molar-refractivity contribution in [3.63, 3.8) is 0 Å². The summed E-state index contributed by atoms with van der Waals surface area (Å²) in [7, 11) is 0. The first-order valence-electron chi connectivity index (χ1n) is 10.5. The van der Waals surface area contributed by atoms with E-state index in [-0.39, 0.29) is 17.8 Å². The molecule has 3 N–H and O–H groups in total. The predicted molar refractivity (Wildman–Crippen MR) is 120 cm³/mol. The highest BCUT2D eigenvalue weighted by Crippen LogP contribution is 2.39. The first kappa shape index (κ1) is 20.7. The van der Waals surface area contributed by atoms with Crippen LogP contribution in [-0.4, -0.2) is 43.6 Å². The third-order valence-corrected chi connectivity index (χ3v) is 5.69. The van der Waals surface area contributed by atoms with Gasteiger partial charge >= 0.3 is 0 Å². The van der Waals surface area contributed by atoms with Crippen LogP contribution in [0.15, 0.2) is 35.6 Å². The summed E-state index contributed by atoms with van der Waals surface area (Å²) in [6.45, 7) is 13.7. The highest BCUT2D eigenvalue weighted by molar-refractivity contribution is 6.14. The number of nitrogens with one attached hydrogen (secondary N) is 2. The van der Waals surface area contributed by atoms with Gasteiger partial charge in [-0.15, -0.1) is 0 Å². The zero-order chi connectivity index (χ0) is 22.2. The standard InChI is InChI=1S/C23H26N6O2/c1-5-18(27-16-11-26-29(12-16)14(2)3)20-17-10-15(6-7-19(17)28-22(20)31)21(30)25-13-23(24-4)8-9-23/h6-7,10-12,14,28,31H,5,8-9,13H2,1-3H3,(H,25,30). The second-order valence-electron chi connectivity index (χ2n) is 8.31. The summed E-state index contributed by atoms with van der Waals surface area (Å²) in [5.41, 5.74) is 2.79. The first-order chi connectivity index (χ1) is 14.9. The van der Waals surface area contributed by atoms with E-state index in [2.05, 4.69) is 20.2 Å². The number of aromatic nitrogens is 3. The number of carbonyl (C=O) groups is 1. The number of rotatable bonds is 7. The number of hydrogen-bond donors (Lipinski definition) is 3. The maximum absolute atomic E-state index is 12.7. The SMILES string of the molecule is [C-]#[N+]C1(CNC(=O)c2ccc3[nH]c(O)c(C(CC)=Nc4cnn(C(C)C)c4)c3c2)CC1. The van der Waals surface area contributed by atoms with Gasteiger partial charge in [-0.05, 0) is 38.5 Å². The van der Waals surface area contributed by atoms with E-state index in [0.29, 0.717) is 35.5 Å². The summed E-state index contributed by atoms with van der Waals surface area (Å²) in [4.78, 5) is 24.0. The molecule has 8 heteroatoms. The molecule has 1 aliphatic carbocycles. The smallest absolute Gasteiger partial charge is 0.251 e. The lowest BCUT2D eigenvalue weighted by Gasteiger charge is -2.07. The Kier molecular flexibility index (Phi) is 5.27. The Morgan fingerprint density at radius 1 is 1.45 bits per heavy atom. The number of benzene rings is 1. The first-order valence-corrected chi connectivity index (χ1v) is 10.5. The Hall–Kier alpha value is -3.60. The molecule has 8 nitrogen and oxygen atoms in total. The van der Waals surface area contributed by atoms with Gasteiger partial charge in [0.2, 0.25) is 5.54 Å². The lowest BCUT2D eigenvalue weighted by atomic mass is 10.0. The molecular formula is C23H26N6O2. The van der Waals surface area contributed by atoms with Gasteiger partial charge in [-0.1, -0.05) is 6.92 Å². The fourth-order valence-corrected chi connectivity index (χ4v) is 3.57. The zero-order valence-electron chi connectivity index (χ0n) is 17.9. The second kappa shape index (κ2) is 7.91. The van der Waals surface area contributed by atoms with Gasteiger partial charge in [-0.3, -0.25) is 9.48 Å². The van der Waals surface area contributed by atoms with Crippen molar-refractivity contribution in [3.05, 3.63) is 53.1 Å². The quantitative estimate of drug-likeness (QED) is 0.392. The number of aromatic hydroxyl groups is 1. The molecule has 3 aromatic rings. The Morgan fingerprint density at radius 2 is 2.23 bits per heavy atom. The van der Waals surface area contributed by atoms with E-state index in [9.17, 15) is 9.90 Å². The third-order valence-electron chi connectivity index (χ3n) is 5.69. The minimum atomic E-state index is -0.417. The third kappa shape index (κ3) is 4.04. The summed E-state index contributed by atoms with van der Waals surface area (Å²) in [5, 5.41) is 18.5. The van der Waals surface area contributed by atoms with Gasteiger partial charge in [0.15, 0.2) is 5.88 Å². The lowest BCUT2D eigenvalue weighted by molar-refractivity contribution is 0.0951. The van der Waals surface area contributed by atoms with Gasteiger partial charge < -0.3 is 20.3 Å². The van der Waals surface area contributed by atoms with Gasteiger partial charge in [0.05, 0.1) is 30.2 Å². The number of amides is 1. The van der Waals surface area contributed by atoms with Gasteiger partial charge in [0, 0.05) is 35.3 Å². The van der Waals surface area contributed by atoms with E-state index in [1.165, 1.54) is 0 Å². The van der Waals surface area contributed by atoms with Crippen LogP contribution < -0.4 is 5.32 Å². The van der Waals surface area contributed by atoms with Crippen LogP contribution in [0.2, 0.25) is 0 Å². The zero-order valence-corrected chi connectivity index (χ0v) is 17.9. The van der Waals surface area contributed by atoms with E-state index in [0.717, 1.165) is 23.7 Å². The second-order valence-corrected chi connectivity index (χ2v) is 8.31. The van der Waals surface area contributed by atoms with Crippen molar-refractivity contribution in [1.29, 1.82) is 0 Å². The number of carbonyl (C=O) groups excluding carboxylic acids is 1. The average Bonchev–Trinajstić information content (AvgIpc) is 3.25. The Balaban J connectivity index is 1.67. The molecule has 1 saturated carbocycles. The molecule has 0 saturated heterocycles. The van der Waals surface area contributed by atoms with Gasteiger partial charge in [-0.25, -0.2) is 11.6 Å². The van der Waals surface area contributed by atoms with Crippen LogP contribution >= 0.6 is 0 Å². The van der Waals surface area contributed by atoms with Crippen LogP contribution in [0.3, 0.4) is 0 Å². The number of nitrogens with zero attached hydrogens (tertiary/aromatic N) is 4. The van der Waals surface area contributed by atoms with E-state index in [1.807, 2.05) is 31.6 Å². The minimum absolute atomic E-state index is 0.0225. The summed E-state index contributed by atoms with van der Waals surface area (Å²) >= 11 is 0. The molecule has 31 heavy (non-hydrogen) atoms. The number of aromatic amines is 1. The Labute approximate surface area is 180 Å². The highest BCUT2D eigenvalue weighted by Gasteiger charge is 2.50. The van der Waals surface area contributed by atoms with Crippen molar-refractivity contribution < 1.29 is 9.90 Å². The number of hydrogen-bond acceptors (Lipinski definition) is 4. The van der Waals surface area contributed by atoms with Crippen molar-refractivity contribution in [3.8, 4) is 5.88 Å². The van der Waals surface area contributed by atoms with Crippen molar-refractivity contribution in [2.24, 2.45) is 4.99 Å². The van der Waals surface area contributed by atoms with Crippen molar-refractivity contribution in [2.45, 2.75) is 51.6 Å². The van der Waals surface area contributed by atoms with Gasteiger partial charge in [0.25, 0.3) is 5.91 Å². The number of H-pyrrole nitrogens is 1. The van der Waals surface area contributed by atoms with E-state index in [4.69, 9.17) is 11.6 Å². The fraction of sp³-hybridized carbons (Fsp3) is 0.391. The van der Waals surface area contributed by atoms with E-state index in [1.54, 1.807) is 24.4 Å². The molecule has 0 spiro atoms. The van der Waals surface area contributed by atoms with Crippen LogP contribution in [0.25, 0.3) is 15.7 Å². The molecule has 1 aromatic carbocycles. The molecule has 0 atom stereocenters. The molecule has 160 valence electrons. The summed E-state index contributed by atoms with van der Waals surface area (Å²) in [6, 6.07) is 5.48. The molecule has 2 heterocycles. The Bertz CT molecular complexity index is 1210. The lowest BCUT2D eigenvalue weighted by Crippen LogP contribution is -2.31. The average molecular weight is 419 g/mol. The fourth-order valence-electron chi connectivity index (χ4n) is 3.57. The molecule has 1 aliphatic rings. The summed E-state index contributed by atoms with van der Waals surface area (Å²) in [5.74, 6) is -0.203. The molecule has 0 bridgehead atoms. The monoisotopic (exact) mass is 418 g/mol.